The molecule has 0 amide bonds. The maximum atomic E-state index is 12.6. The van der Waals surface area contributed by atoms with Gasteiger partial charge in [0, 0.05) is 12.8 Å². The van der Waals surface area contributed by atoms with Crippen molar-refractivity contribution in [1.29, 1.82) is 0 Å². The van der Waals surface area contributed by atoms with Gasteiger partial charge >= 0.3 is 11.9 Å². The number of hydrogen-bond donors (Lipinski definition) is 0. The smallest absolute Gasteiger partial charge is 0.306 e. The Morgan fingerprint density at radius 2 is 0.714 bits per heavy atom. The maximum absolute atomic E-state index is 12.6. The van der Waals surface area contributed by atoms with Crippen LogP contribution < -0.4 is 0 Å². The van der Waals surface area contributed by atoms with E-state index in [1.54, 1.807) is 0 Å². The van der Waals surface area contributed by atoms with Crippen LogP contribution in [0.2, 0.25) is 0 Å². The van der Waals surface area contributed by atoms with Crippen molar-refractivity contribution in [3.05, 3.63) is 0 Å². The highest BCUT2D eigenvalue weighted by molar-refractivity contribution is 5.70. The van der Waals surface area contributed by atoms with Gasteiger partial charge in [-0.15, -0.1) is 0 Å². The molecule has 0 rings (SSSR count). The lowest BCUT2D eigenvalue weighted by Gasteiger charge is -2.18. The lowest BCUT2D eigenvalue weighted by Crippen LogP contribution is -2.25. The van der Waals surface area contributed by atoms with Gasteiger partial charge in [0.05, 0.1) is 0 Å². The fourth-order valence-corrected chi connectivity index (χ4v) is 5.70. The van der Waals surface area contributed by atoms with Crippen molar-refractivity contribution in [3.8, 4) is 0 Å². The van der Waals surface area contributed by atoms with E-state index in [2.05, 4.69) is 20.8 Å². The Balaban J connectivity index is 4.19. The lowest BCUT2D eigenvalue weighted by molar-refractivity contribution is -0.159. The fraction of sp³-hybridized carbons (Fsp3) is 0.947. The van der Waals surface area contributed by atoms with Crippen LogP contribution >= 0.6 is 0 Å². The third kappa shape index (κ3) is 31.9. The molecule has 4 heteroatoms. The van der Waals surface area contributed by atoms with Crippen LogP contribution in [0.1, 0.15) is 220 Å². The predicted octanol–water partition coefficient (Wildman–Crippen LogP) is 12.6. The number of carbonyl (C=O) groups excluding carboxylic acids is 2. The van der Waals surface area contributed by atoms with E-state index in [-0.39, 0.29) is 24.6 Å². The summed E-state index contributed by atoms with van der Waals surface area (Å²) in [7, 11) is 0. The topological polar surface area (TPSA) is 52.6 Å². The first-order valence-electron chi connectivity index (χ1n) is 19.0. The highest BCUT2D eigenvalue weighted by atomic mass is 16.6. The highest BCUT2D eigenvalue weighted by Gasteiger charge is 2.17. The normalized spacial score (nSPS) is 12.0. The monoisotopic (exact) mass is 595 g/mol. The Labute approximate surface area is 263 Å². The third-order valence-corrected chi connectivity index (χ3v) is 8.58. The zero-order valence-electron chi connectivity index (χ0n) is 28.8. The summed E-state index contributed by atoms with van der Waals surface area (Å²) in [6, 6.07) is 0. The third-order valence-electron chi connectivity index (χ3n) is 8.58. The Bertz CT molecular complexity index is 561. The van der Waals surface area contributed by atoms with E-state index in [1.165, 1.54) is 141 Å². The molecule has 0 aliphatic rings. The molecule has 0 aromatic rings. The number of ether oxygens (including phenoxy) is 2. The van der Waals surface area contributed by atoms with Gasteiger partial charge < -0.3 is 9.47 Å². The average molecular weight is 595 g/mol. The molecule has 0 aromatic heterocycles. The summed E-state index contributed by atoms with van der Waals surface area (Å²) in [4.78, 5) is 25.0. The molecule has 0 aliphatic carbocycles. The average Bonchev–Trinajstić information content (AvgIpc) is 2.99. The van der Waals surface area contributed by atoms with Gasteiger partial charge in [0.25, 0.3) is 0 Å². The molecule has 0 aromatic carbocycles. The molecule has 0 N–H and O–H groups in total. The summed E-state index contributed by atoms with van der Waals surface area (Å²) in [6.45, 7) is 6.99. The predicted molar refractivity (Wildman–Crippen MR) is 181 cm³/mol. The molecule has 0 saturated carbocycles. The summed E-state index contributed by atoms with van der Waals surface area (Å²) in [5, 5.41) is 0. The summed E-state index contributed by atoms with van der Waals surface area (Å²) in [5.74, 6) is -0.258. The van der Waals surface area contributed by atoms with Crippen LogP contribution in [0.25, 0.3) is 0 Å². The van der Waals surface area contributed by atoms with Crippen LogP contribution in [0.3, 0.4) is 0 Å². The largest absolute Gasteiger partial charge is 0.462 e. The van der Waals surface area contributed by atoms with Gasteiger partial charge in [-0.25, -0.2) is 0 Å². The highest BCUT2D eigenvalue weighted by Crippen LogP contribution is 2.16. The van der Waals surface area contributed by atoms with E-state index in [4.69, 9.17) is 9.47 Å². The van der Waals surface area contributed by atoms with Gasteiger partial charge in [0.1, 0.15) is 12.7 Å². The van der Waals surface area contributed by atoms with Gasteiger partial charge in [-0.05, 0) is 25.7 Å². The quantitative estimate of drug-likeness (QED) is 0.0549. The van der Waals surface area contributed by atoms with Crippen LogP contribution in [-0.2, 0) is 19.1 Å². The zero-order chi connectivity index (χ0) is 30.8. The molecular weight excluding hydrogens is 520 g/mol. The van der Waals surface area contributed by atoms with E-state index < -0.39 is 0 Å². The number of esters is 2. The van der Waals surface area contributed by atoms with E-state index in [0.29, 0.717) is 12.8 Å². The van der Waals surface area contributed by atoms with Crippen LogP contribution in [0.4, 0.5) is 0 Å². The second-order valence-electron chi connectivity index (χ2n) is 12.9. The Morgan fingerprint density at radius 1 is 0.405 bits per heavy atom. The standard InChI is InChI=1S/C38H74O4/c1-4-7-10-13-16-19-22-23-26-29-32-36(42-38(40)34-31-28-25-21-18-15-12-9-6-3)35-41-37(39)33-30-27-24-20-17-14-11-8-5-2/h36H,4-35H2,1-3H3. The summed E-state index contributed by atoms with van der Waals surface area (Å²) in [5.41, 5.74) is 0. The zero-order valence-corrected chi connectivity index (χ0v) is 28.8. The van der Waals surface area contributed by atoms with Crippen molar-refractivity contribution in [2.75, 3.05) is 6.61 Å². The fourth-order valence-electron chi connectivity index (χ4n) is 5.70. The molecule has 0 heterocycles. The summed E-state index contributed by atoms with van der Waals surface area (Å²) in [6.07, 6.45) is 36.5. The molecule has 0 spiro atoms. The second kappa shape index (κ2) is 34.4. The molecule has 1 unspecified atom stereocenters. The minimum atomic E-state index is -0.294. The molecule has 0 radical (unpaired) electrons. The molecule has 4 nitrogen and oxygen atoms in total. The van der Waals surface area contributed by atoms with E-state index in [9.17, 15) is 9.59 Å². The van der Waals surface area contributed by atoms with Crippen LogP contribution in [0.15, 0.2) is 0 Å². The lowest BCUT2D eigenvalue weighted by atomic mass is 10.0. The Hall–Kier alpha value is -1.06. The van der Waals surface area contributed by atoms with Gasteiger partial charge in [-0.1, -0.05) is 181 Å². The van der Waals surface area contributed by atoms with Crippen molar-refractivity contribution in [2.24, 2.45) is 0 Å². The van der Waals surface area contributed by atoms with Crippen molar-refractivity contribution in [2.45, 2.75) is 226 Å². The number of carbonyl (C=O) groups is 2. The van der Waals surface area contributed by atoms with Gasteiger partial charge in [-0.2, -0.15) is 0 Å². The molecule has 0 fully saturated rings. The molecule has 0 bridgehead atoms. The molecule has 0 aliphatic heterocycles. The second-order valence-corrected chi connectivity index (χ2v) is 12.9. The molecular formula is C38H74O4. The van der Waals surface area contributed by atoms with Gasteiger partial charge in [-0.3, -0.25) is 9.59 Å². The van der Waals surface area contributed by atoms with E-state index in [1.807, 2.05) is 0 Å². The number of rotatable bonds is 34. The molecule has 0 saturated heterocycles. The first-order valence-corrected chi connectivity index (χ1v) is 19.0. The first-order chi connectivity index (χ1) is 20.6. The van der Waals surface area contributed by atoms with E-state index in [0.717, 1.165) is 44.9 Å². The molecule has 42 heavy (non-hydrogen) atoms. The Morgan fingerprint density at radius 3 is 1.10 bits per heavy atom. The SMILES string of the molecule is CCCCCCCCCCCCC(COC(=O)CCCCCCCCCCC)OC(=O)CCCCCCCCCCC. The van der Waals surface area contributed by atoms with Crippen LogP contribution in [-0.4, -0.2) is 24.6 Å². The van der Waals surface area contributed by atoms with Gasteiger partial charge in [0.15, 0.2) is 0 Å². The van der Waals surface area contributed by atoms with Crippen LogP contribution in [0, 0.1) is 0 Å². The summed E-state index contributed by atoms with van der Waals surface area (Å²) < 4.78 is 11.4. The molecule has 1 atom stereocenters. The van der Waals surface area contributed by atoms with Crippen molar-refractivity contribution in [3.63, 3.8) is 0 Å². The number of unbranched alkanes of at least 4 members (excludes halogenated alkanes) is 25. The van der Waals surface area contributed by atoms with Crippen molar-refractivity contribution >= 4 is 11.9 Å². The maximum Gasteiger partial charge on any atom is 0.306 e. The molecule has 250 valence electrons. The van der Waals surface area contributed by atoms with Crippen LogP contribution in [0.5, 0.6) is 0 Å². The minimum absolute atomic E-state index is 0.120. The van der Waals surface area contributed by atoms with E-state index >= 15 is 0 Å². The van der Waals surface area contributed by atoms with Crippen molar-refractivity contribution < 1.29 is 19.1 Å². The first kappa shape index (κ1) is 40.9. The summed E-state index contributed by atoms with van der Waals surface area (Å²) >= 11 is 0. The number of hydrogen-bond acceptors (Lipinski definition) is 4. The minimum Gasteiger partial charge on any atom is -0.462 e. The Kier molecular flexibility index (Phi) is 33.6. The van der Waals surface area contributed by atoms with Gasteiger partial charge in [0.2, 0.25) is 0 Å². The van der Waals surface area contributed by atoms with Crippen molar-refractivity contribution in [1.82, 2.24) is 0 Å².